The van der Waals surface area contributed by atoms with E-state index in [1.54, 1.807) is 4.90 Å². The largest absolute Gasteiger partial charge is 0.455 e. The summed E-state index contributed by atoms with van der Waals surface area (Å²) >= 11 is 0. The normalized spacial score (nSPS) is 12.2. The first kappa shape index (κ1) is 22.3. The van der Waals surface area contributed by atoms with Crippen molar-refractivity contribution in [1.82, 2.24) is 5.32 Å². The molecule has 0 unspecified atom stereocenters. The van der Waals surface area contributed by atoms with E-state index in [2.05, 4.69) is 5.32 Å². The van der Waals surface area contributed by atoms with Crippen LogP contribution in [0.1, 0.15) is 23.1 Å². The highest BCUT2D eigenvalue weighted by Gasteiger charge is 2.26. The van der Waals surface area contributed by atoms with Crippen LogP contribution in [0.2, 0.25) is 0 Å². The monoisotopic (exact) mass is 442 g/mol. The van der Waals surface area contributed by atoms with Crippen LogP contribution in [0.25, 0.3) is 0 Å². The van der Waals surface area contributed by atoms with E-state index in [9.17, 15) is 14.4 Å². The van der Waals surface area contributed by atoms with Crippen LogP contribution in [-0.2, 0) is 38.4 Å². The predicted octanol–water partition coefficient (Wildman–Crippen LogP) is 3.74. The number of benzene rings is 3. The van der Waals surface area contributed by atoms with Crippen LogP contribution < -0.4 is 10.2 Å². The molecule has 2 amide bonds. The fourth-order valence-corrected chi connectivity index (χ4v) is 3.98. The van der Waals surface area contributed by atoms with Crippen LogP contribution >= 0.6 is 0 Å². The third kappa shape index (κ3) is 5.66. The molecule has 0 spiro atoms. The minimum atomic E-state index is -0.528. The third-order valence-corrected chi connectivity index (χ3v) is 5.59. The van der Waals surface area contributed by atoms with E-state index in [1.807, 2.05) is 78.9 Å². The molecule has 0 saturated heterocycles. The van der Waals surface area contributed by atoms with Gasteiger partial charge in [0, 0.05) is 6.54 Å². The molecule has 0 bridgehead atoms. The summed E-state index contributed by atoms with van der Waals surface area (Å²) in [5.74, 6) is -0.999. The molecule has 0 fully saturated rings. The van der Waals surface area contributed by atoms with Crippen LogP contribution in [0.4, 0.5) is 11.4 Å². The van der Waals surface area contributed by atoms with Crippen molar-refractivity contribution in [3.05, 3.63) is 95.6 Å². The highest BCUT2D eigenvalue weighted by molar-refractivity contribution is 6.03. The van der Waals surface area contributed by atoms with Crippen LogP contribution in [0.3, 0.4) is 0 Å². The Balaban J connectivity index is 1.32. The molecule has 0 atom stereocenters. The molecule has 1 N–H and O–H groups in total. The number of carbonyl (C=O) groups is 3. The molecule has 0 aromatic heterocycles. The first-order valence-electron chi connectivity index (χ1n) is 11.1. The smallest absolute Gasteiger partial charge is 0.308 e. The van der Waals surface area contributed by atoms with Gasteiger partial charge in [-0.1, -0.05) is 66.7 Å². The second-order valence-electron chi connectivity index (χ2n) is 7.91. The number of anilines is 2. The summed E-state index contributed by atoms with van der Waals surface area (Å²) < 4.78 is 5.25. The fraction of sp³-hybridized carbons (Fsp3) is 0.222. The number of carbonyl (C=O) groups excluding carboxylic acids is 3. The van der Waals surface area contributed by atoms with Gasteiger partial charge in [-0.15, -0.1) is 0 Å². The number of amides is 2. The van der Waals surface area contributed by atoms with Crippen molar-refractivity contribution in [3.63, 3.8) is 0 Å². The third-order valence-electron chi connectivity index (χ3n) is 5.59. The summed E-state index contributed by atoms with van der Waals surface area (Å²) in [6.07, 6.45) is 1.92. The maximum atomic E-state index is 13.1. The summed E-state index contributed by atoms with van der Waals surface area (Å²) in [5, 5.41) is 2.71. The number of ether oxygens (including phenoxy) is 1. The van der Waals surface area contributed by atoms with Gasteiger partial charge in [-0.05, 0) is 41.7 Å². The van der Waals surface area contributed by atoms with Gasteiger partial charge in [-0.25, -0.2) is 0 Å². The van der Waals surface area contributed by atoms with Gasteiger partial charge < -0.3 is 10.1 Å². The van der Waals surface area contributed by atoms with E-state index in [0.717, 1.165) is 40.9 Å². The summed E-state index contributed by atoms with van der Waals surface area (Å²) in [6, 6.07) is 25.0. The maximum Gasteiger partial charge on any atom is 0.308 e. The zero-order valence-corrected chi connectivity index (χ0v) is 18.3. The Labute approximate surface area is 193 Å². The molecule has 0 aliphatic carbocycles. The second kappa shape index (κ2) is 10.6. The molecule has 33 heavy (non-hydrogen) atoms. The van der Waals surface area contributed by atoms with Crippen LogP contribution in [0.5, 0.6) is 0 Å². The van der Waals surface area contributed by atoms with E-state index in [4.69, 9.17) is 4.74 Å². The molecular weight excluding hydrogens is 416 g/mol. The Morgan fingerprint density at radius 1 is 0.788 bits per heavy atom. The number of nitrogens with one attached hydrogen (secondary N) is 1. The van der Waals surface area contributed by atoms with Crippen molar-refractivity contribution < 1.29 is 19.1 Å². The highest BCUT2D eigenvalue weighted by atomic mass is 16.5. The second-order valence-corrected chi connectivity index (χ2v) is 7.91. The molecule has 0 radical (unpaired) electrons. The number of aryl methyl sites for hydroxylation is 2. The zero-order chi connectivity index (χ0) is 23.0. The molecule has 6 heteroatoms. The Kier molecular flexibility index (Phi) is 7.15. The average Bonchev–Trinajstić information content (AvgIpc) is 3.00. The first-order chi connectivity index (χ1) is 16.1. The first-order valence-corrected chi connectivity index (χ1v) is 11.1. The molecule has 168 valence electrons. The number of hydrogen-bond donors (Lipinski definition) is 1. The number of fused-ring (bicyclic) bond motifs is 2. The van der Waals surface area contributed by atoms with E-state index < -0.39 is 5.97 Å². The van der Waals surface area contributed by atoms with Gasteiger partial charge in [0.15, 0.2) is 6.61 Å². The molecule has 1 aliphatic rings. The van der Waals surface area contributed by atoms with Crippen molar-refractivity contribution in [2.45, 2.75) is 25.7 Å². The lowest BCUT2D eigenvalue weighted by Gasteiger charge is -2.24. The number of hydrogen-bond acceptors (Lipinski definition) is 4. The number of esters is 1. The molecule has 4 rings (SSSR count). The number of nitrogens with zero attached hydrogens (tertiary/aromatic N) is 1. The van der Waals surface area contributed by atoms with Gasteiger partial charge in [0.1, 0.15) is 0 Å². The predicted molar refractivity (Wildman–Crippen MR) is 126 cm³/mol. The van der Waals surface area contributed by atoms with Crippen LogP contribution in [0.15, 0.2) is 78.9 Å². The van der Waals surface area contributed by atoms with Crippen molar-refractivity contribution >= 4 is 29.2 Å². The molecule has 3 aromatic carbocycles. The van der Waals surface area contributed by atoms with Gasteiger partial charge in [0.05, 0.1) is 24.2 Å². The Hall–Kier alpha value is -3.93. The summed E-state index contributed by atoms with van der Waals surface area (Å²) in [6.45, 7) is -0.201. The quantitative estimate of drug-likeness (QED) is 0.566. The number of rotatable bonds is 7. The lowest BCUT2D eigenvalue weighted by Crippen LogP contribution is -2.32. The SMILES string of the molecule is O=C(Cc1ccccc1)NCCC(=O)OCC(=O)N1c2ccccc2CCc2ccccc21. The molecule has 3 aromatic rings. The lowest BCUT2D eigenvalue weighted by atomic mass is 10.0. The van der Waals surface area contributed by atoms with Gasteiger partial charge in [-0.2, -0.15) is 0 Å². The highest BCUT2D eigenvalue weighted by Crippen LogP contribution is 2.35. The molecule has 6 nitrogen and oxygen atoms in total. The molecular formula is C27H26N2O4. The Morgan fingerprint density at radius 3 is 2.00 bits per heavy atom. The van der Waals surface area contributed by atoms with Crippen molar-refractivity contribution in [1.29, 1.82) is 0 Å². The van der Waals surface area contributed by atoms with Gasteiger partial charge >= 0.3 is 5.97 Å². The Morgan fingerprint density at radius 2 is 1.36 bits per heavy atom. The van der Waals surface area contributed by atoms with E-state index in [0.29, 0.717) is 0 Å². The summed E-state index contributed by atoms with van der Waals surface area (Å²) in [5.41, 5.74) is 4.69. The van der Waals surface area contributed by atoms with Gasteiger partial charge in [0.2, 0.25) is 5.91 Å². The minimum Gasteiger partial charge on any atom is -0.455 e. The fourth-order valence-electron chi connectivity index (χ4n) is 3.98. The summed E-state index contributed by atoms with van der Waals surface area (Å²) in [4.78, 5) is 39.0. The Bertz CT molecular complexity index is 1100. The standard InChI is InChI=1S/C27H26N2O4/c30-25(18-20-8-2-1-3-9-20)28-17-16-27(32)33-19-26(31)29-23-12-6-4-10-21(23)14-15-22-11-5-7-13-24(22)29/h1-13H,14-19H2,(H,28,30). The average molecular weight is 443 g/mol. The zero-order valence-electron chi connectivity index (χ0n) is 18.3. The summed E-state index contributed by atoms with van der Waals surface area (Å²) in [7, 11) is 0. The molecule has 1 heterocycles. The maximum absolute atomic E-state index is 13.1. The van der Waals surface area contributed by atoms with E-state index in [1.165, 1.54) is 0 Å². The molecule has 1 aliphatic heterocycles. The van der Waals surface area contributed by atoms with Crippen molar-refractivity contribution in [3.8, 4) is 0 Å². The minimum absolute atomic E-state index is 0.000976. The van der Waals surface area contributed by atoms with Crippen LogP contribution in [-0.4, -0.2) is 30.9 Å². The van der Waals surface area contributed by atoms with E-state index in [-0.39, 0.29) is 37.8 Å². The lowest BCUT2D eigenvalue weighted by molar-refractivity contribution is -0.147. The van der Waals surface area contributed by atoms with E-state index >= 15 is 0 Å². The van der Waals surface area contributed by atoms with Crippen molar-refractivity contribution in [2.24, 2.45) is 0 Å². The topological polar surface area (TPSA) is 75.7 Å². The molecule has 0 saturated carbocycles. The van der Waals surface area contributed by atoms with Gasteiger partial charge in [-0.3, -0.25) is 19.3 Å². The number of para-hydroxylation sites is 2. The van der Waals surface area contributed by atoms with Gasteiger partial charge in [0.25, 0.3) is 5.91 Å². The van der Waals surface area contributed by atoms with Crippen molar-refractivity contribution in [2.75, 3.05) is 18.1 Å². The van der Waals surface area contributed by atoms with Crippen LogP contribution in [0, 0.1) is 0 Å².